The second kappa shape index (κ2) is 3.54. The summed E-state index contributed by atoms with van der Waals surface area (Å²) in [5.74, 6) is 7.40. The van der Waals surface area contributed by atoms with Gasteiger partial charge in [-0.05, 0) is 42.9 Å². The normalized spacial score (nSPS) is 38.8. The minimum atomic E-state index is 0.631. The molecule has 0 saturated heterocycles. The SMILES string of the molecule is c1c2c(cc3[nH]c(C4C5C6CCC(C6)C45)nc13)OCCO2. The number of aromatic nitrogens is 2. The maximum absolute atomic E-state index is 5.66. The Morgan fingerprint density at radius 2 is 1.71 bits per heavy atom. The molecule has 3 aliphatic carbocycles. The summed E-state index contributed by atoms with van der Waals surface area (Å²) in [5, 5.41) is 0. The average molecular weight is 282 g/mol. The molecule has 0 amide bonds. The van der Waals surface area contributed by atoms with Gasteiger partial charge in [0.1, 0.15) is 19.0 Å². The van der Waals surface area contributed by atoms with E-state index in [1.165, 1.54) is 25.1 Å². The van der Waals surface area contributed by atoms with Gasteiger partial charge in [-0.25, -0.2) is 4.98 Å². The lowest BCUT2D eigenvalue weighted by molar-refractivity contribution is 0.172. The second-order valence-electron chi connectivity index (χ2n) is 7.15. The van der Waals surface area contributed by atoms with E-state index in [0.29, 0.717) is 19.1 Å². The molecule has 2 aromatic rings. The van der Waals surface area contributed by atoms with Crippen LogP contribution in [0.3, 0.4) is 0 Å². The number of imidazole rings is 1. The van der Waals surface area contributed by atoms with Crippen LogP contribution in [0.2, 0.25) is 0 Å². The van der Waals surface area contributed by atoms with E-state index < -0.39 is 0 Å². The van der Waals surface area contributed by atoms with Crippen LogP contribution in [-0.2, 0) is 0 Å². The van der Waals surface area contributed by atoms with Crippen molar-refractivity contribution in [1.29, 1.82) is 0 Å². The first-order chi connectivity index (χ1) is 10.4. The molecule has 6 rings (SSSR count). The van der Waals surface area contributed by atoms with E-state index in [1.54, 1.807) is 0 Å². The molecular weight excluding hydrogens is 264 g/mol. The van der Waals surface area contributed by atoms with Crippen LogP contribution in [0, 0.1) is 23.7 Å². The van der Waals surface area contributed by atoms with E-state index in [-0.39, 0.29) is 0 Å². The Hall–Kier alpha value is -1.71. The Balaban J connectivity index is 1.42. The van der Waals surface area contributed by atoms with Crippen molar-refractivity contribution in [3.63, 3.8) is 0 Å². The first-order valence-electron chi connectivity index (χ1n) is 8.18. The first kappa shape index (κ1) is 10.9. The van der Waals surface area contributed by atoms with E-state index in [4.69, 9.17) is 14.5 Å². The van der Waals surface area contributed by atoms with Crippen LogP contribution in [0.4, 0.5) is 0 Å². The van der Waals surface area contributed by atoms with Crippen molar-refractivity contribution in [3.05, 3.63) is 18.0 Å². The van der Waals surface area contributed by atoms with Gasteiger partial charge in [-0.3, -0.25) is 0 Å². The van der Waals surface area contributed by atoms with Gasteiger partial charge < -0.3 is 14.5 Å². The van der Waals surface area contributed by atoms with E-state index in [2.05, 4.69) is 4.98 Å². The molecule has 1 aromatic carbocycles. The van der Waals surface area contributed by atoms with Crippen molar-refractivity contribution in [3.8, 4) is 11.5 Å². The van der Waals surface area contributed by atoms with Crippen LogP contribution in [0.5, 0.6) is 11.5 Å². The zero-order chi connectivity index (χ0) is 13.6. The standard InChI is InChI=1S/C17H18N2O2/c1-2-9-5-8(1)14-15(9)16(14)17-18-10-6-12-13(7-11(10)19-17)21-4-3-20-12/h6-9,14-16H,1-5H2,(H,18,19). The maximum Gasteiger partial charge on any atom is 0.163 e. The van der Waals surface area contributed by atoms with Gasteiger partial charge >= 0.3 is 0 Å². The second-order valence-corrected chi connectivity index (χ2v) is 7.15. The summed E-state index contributed by atoms with van der Waals surface area (Å²) in [7, 11) is 0. The van der Waals surface area contributed by atoms with Gasteiger partial charge in [-0.1, -0.05) is 0 Å². The molecule has 0 radical (unpaired) electrons. The molecule has 1 aromatic heterocycles. The molecule has 4 nitrogen and oxygen atoms in total. The van der Waals surface area contributed by atoms with Crippen molar-refractivity contribution in [1.82, 2.24) is 9.97 Å². The van der Waals surface area contributed by atoms with Crippen LogP contribution in [0.1, 0.15) is 31.0 Å². The van der Waals surface area contributed by atoms with Crippen molar-refractivity contribution < 1.29 is 9.47 Å². The highest BCUT2D eigenvalue weighted by molar-refractivity contribution is 5.80. The molecule has 4 unspecified atom stereocenters. The van der Waals surface area contributed by atoms with Crippen LogP contribution in [-0.4, -0.2) is 23.2 Å². The Labute approximate surface area is 122 Å². The molecule has 2 heterocycles. The summed E-state index contributed by atoms with van der Waals surface area (Å²) in [6.07, 6.45) is 4.40. The lowest BCUT2D eigenvalue weighted by Gasteiger charge is -2.17. The third-order valence-corrected chi connectivity index (χ3v) is 6.22. The van der Waals surface area contributed by atoms with Gasteiger partial charge in [-0.15, -0.1) is 0 Å². The molecule has 2 bridgehead atoms. The number of rotatable bonds is 1. The van der Waals surface area contributed by atoms with Gasteiger partial charge in [0.15, 0.2) is 11.5 Å². The summed E-state index contributed by atoms with van der Waals surface area (Å²) in [6, 6.07) is 4.07. The topological polar surface area (TPSA) is 47.1 Å². The average Bonchev–Trinajstić information content (AvgIpc) is 2.86. The molecule has 4 atom stereocenters. The molecule has 0 spiro atoms. The largest absolute Gasteiger partial charge is 0.486 e. The van der Waals surface area contributed by atoms with Gasteiger partial charge in [0.2, 0.25) is 0 Å². The molecule has 1 N–H and O–H groups in total. The Bertz CT molecular complexity index is 694. The fourth-order valence-electron chi connectivity index (χ4n) is 5.41. The lowest BCUT2D eigenvalue weighted by atomic mass is 10.0. The van der Waals surface area contributed by atoms with Gasteiger partial charge in [0, 0.05) is 18.1 Å². The van der Waals surface area contributed by atoms with E-state index >= 15 is 0 Å². The lowest BCUT2D eigenvalue weighted by Crippen LogP contribution is -2.15. The van der Waals surface area contributed by atoms with Crippen molar-refractivity contribution in [2.45, 2.75) is 25.2 Å². The summed E-state index contributed by atoms with van der Waals surface area (Å²) in [5.41, 5.74) is 2.11. The van der Waals surface area contributed by atoms with Crippen molar-refractivity contribution >= 4 is 11.0 Å². The fraction of sp³-hybridized carbons (Fsp3) is 0.588. The third kappa shape index (κ3) is 1.34. The smallest absolute Gasteiger partial charge is 0.163 e. The quantitative estimate of drug-likeness (QED) is 0.874. The van der Waals surface area contributed by atoms with E-state index in [9.17, 15) is 0 Å². The van der Waals surface area contributed by atoms with Crippen molar-refractivity contribution in [2.24, 2.45) is 23.7 Å². The van der Waals surface area contributed by atoms with E-state index in [1.807, 2.05) is 12.1 Å². The molecule has 21 heavy (non-hydrogen) atoms. The van der Waals surface area contributed by atoms with Crippen LogP contribution < -0.4 is 9.47 Å². The molecule has 3 saturated carbocycles. The fourth-order valence-corrected chi connectivity index (χ4v) is 5.41. The zero-order valence-corrected chi connectivity index (χ0v) is 11.8. The Kier molecular flexibility index (Phi) is 1.84. The maximum atomic E-state index is 5.66. The highest BCUT2D eigenvalue weighted by Gasteiger charge is 2.66. The number of hydrogen-bond acceptors (Lipinski definition) is 3. The van der Waals surface area contributed by atoms with Gasteiger partial charge in [0.05, 0.1) is 11.0 Å². The Morgan fingerprint density at radius 1 is 1.00 bits per heavy atom. The molecule has 1 aliphatic heterocycles. The number of ether oxygens (including phenoxy) is 2. The molecular formula is C17H18N2O2. The summed E-state index contributed by atoms with van der Waals surface area (Å²) < 4.78 is 11.3. The number of hydrogen-bond donors (Lipinski definition) is 1. The third-order valence-electron chi connectivity index (χ3n) is 6.22. The Morgan fingerprint density at radius 3 is 2.48 bits per heavy atom. The van der Waals surface area contributed by atoms with E-state index in [0.717, 1.165) is 46.2 Å². The van der Waals surface area contributed by atoms with Crippen molar-refractivity contribution in [2.75, 3.05) is 13.2 Å². The van der Waals surface area contributed by atoms with Crippen LogP contribution >= 0.6 is 0 Å². The summed E-state index contributed by atoms with van der Waals surface area (Å²) in [6.45, 7) is 1.27. The molecule has 108 valence electrons. The summed E-state index contributed by atoms with van der Waals surface area (Å²) >= 11 is 0. The molecule has 4 heteroatoms. The number of benzene rings is 1. The van der Waals surface area contributed by atoms with Gasteiger partial charge in [-0.2, -0.15) is 0 Å². The molecule has 4 aliphatic rings. The predicted molar refractivity (Wildman–Crippen MR) is 77.6 cm³/mol. The van der Waals surface area contributed by atoms with Gasteiger partial charge in [0.25, 0.3) is 0 Å². The number of H-pyrrole nitrogens is 1. The first-order valence-corrected chi connectivity index (χ1v) is 8.18. The molecule has 3 fully saturated rings. The highest BCUT2D eigenvalue weighted by Crippen LogP contribution is 2.72. The minimum Gasteiger partial charge on any atom is -0.486 e. The number of aromatic amines is 1. The monoisotopic (exact) mass is 282 g/mol. The minimum absolute atomic E-state index is 0.631. The number of fused-ring (bicyclic) bond motifs is 7. The summed E-state index contributed by atoms with van der Waals surface area (Å²) in [4.78, 5) is 8.43. The number of nitrogens with zero attached hydrogens (tertiary/aromatic N) is 1. The number of nitrogens with one attached hydrogen (secondary N) is 1. The van der Waals surface area contributed by atoms with Crippen LogP contribution in [0.15, 0.2) is 12.1 Å². The predicted octanol–water partition coefficient (Wildman–Crippen LogP) is 3.09. The highest BCUT2D eigenvalue weighted by atomic mass is 16.6. The van der Waals surface area contributed by atoms with Crippen LogP contribution in [0.25, 0.3) is 11.0 Å². The zero-order valence-electron chi connectivity index (χ0n) is 11.8.